The van der Waals surface area contributed by atoms with Crippen LogP contribution >= 0.6 is 0 Å². The van der Waals surface area contributed by atoms with Crippen molar-refractivity contribution in [3.8, 4) is 0 Å². The molecule has 0 aromatic heterocycles. The first-order chi connectivity index (χ1) is 6.27. The minimum atomic E-state index is -0.0876. The lowest BCUT2D eigenvalue weighted by atomic mass is 9.82. The van der Waals surface area contributed by atoms with Gasteiger partial charge >= 0.3 is 5.97 Å². The van der Waals surface area contributed by atoms with Gasteiger partial charge in [0.25, 0.3) is 0 Å². The van der Waals surface area contributed by atoms with E-state index in [2.05, 4.69) is 11.7 Å². The van der Waals surface area contributed by atoms with E-state index in [1.165, 1.54) is 7.11 Å². The van der Waals surface area contributed by atoms with Crippen LogP contribution in [0.25, 0.3) is 0 Å². The number of hydrogen-bond acceptors (Lipinski definition) is 3. The molecule has 1 rings (SSSR count). The first-order valence-corrected chi connectivity index (χ1v) is 4.97. The standard InChI is InChI=1S/C10H18O3/c1-3-4-5-13-9-6-8(7-9)10(11)12-2/h8-9H,3-7H2,1-2H3. The monoisotopic (exact) mass is 186 g/mol. The second kappa shape index (κ2) is 5.22. The van der Waals surface area contributed by atoms with Crippen molar-refractivity contribution in [2.75, 3.05) is 13.7 Å². The molecule has 0 bridgehead atoms. The predicted molar refractivity (Wildman–Crippen MR) is 49.4 cm³/mol. The fraction of sp³-hybridized carbons (Fsp3) is 0.900. The molecular weight excluding hydrogens is 168 g/mol. The van der Waals surface area contributed by atoms with Crippen molar-refractivity contribution in [2.24, 2.45) is 5.92 Å². The van der Waals surface area contributed by atoms with Gasteiger partial charge in [0.2, 0.25) is 0 Å². The minimum absolute atomic E-state index is 0.0876. The second-order valence-corrected chi connectivity index (χ2v) is 3.54. The number of carbonyl (C=O) groups excluding carboxylic acids is 1. The number of methoxy groups -OCH3 is 1. The van der Waals surface area contributed by atoms with Crippen LogP contribution in [0.4, 0.5) is 0 Å². The molecule has 3 heteroatoms. The number of unbranched alkanes of at least 4 members (excludes halogenated alkanes) is 1. The van der Waals surface area contributed by atoms with Gasteiger partial charge in [-0.2, -0.15) is 0 Å². The number of rotatable bonds is 5. The van der Waals surface area contributed by atoms with Gasteiger partial charge in [-0.25, -0.2) is 0 Å². The summed E-state index contributed by atoms with van der Waals surface area (Å²) in [5.74, 6) is 0.00645. The maximum atomic E-state index is 11.0. The van der Waals surface area contributed by atoms with E-state index in [0.717, 1.165) is 32.3 Å². The molecule has 1 aliphatic rings. The molecule has 0 amide bonds. The van der Waals surface area contributed by atoms with Crippen molar-refractivity contribution in [3.63, 3.8) is 0 Å². The van der Waals surface area contributed by atoms with Crippen molar-refractivity contribution in [1.29, 1.82) is 0 Å². The van der Waals surface area contributed by atoms with E-state index < -0.39 is 0 Å². The van der Waals surface area contributed by atoms with Gasteiger partial charge in [-0.15, -0.1) is 0 Å². The summed E-state index contributed by atoms with van der Waals surface area (Å²) in [6.45, 7) is 2.97. The lowest BCUT2D eigenvalue weighted by molar-refractivity contribution is -0.154. The molecule has 0 spiro atoms. The molecule has 13 heavy (non-hydrogen) atoms. The molecule has 1 fully saturated rings. The summed E-state index contributed by atoms with van der Waals surface area (Å²) in [6, 6.07) is 0. The zero-order valence-electron chi connectivity index (χ0n) is 8.41. The molecule has 0 radical (unpaired) electrons. The van der Waals surface area contributed by atoms with Gasteiger partial charge in [-0.05, 0) is 19.3 Å². The van der Waals surface area contributed by atoms with Crippen molar-refractivity contribution >= 4 is 5.97 Å². The van der Waals surface area contributed by atoms with Crippen LogP contribution in [0, 0.1) is 5.92 Å². The highest BCUT2D eigenvalue weighted by molar-refractivity contribution is 5.73. The Kier molecular flexibility index (Phi) is 4.22. The van der Waals surface area contributed by atoms with Crippen molar-refractivity contribution in [2.45, 2.75) is 38.7 Å². The van der Waals surface area contributed by atoms with Crippen LogP contribution in [0.15, 0.2) is 0 Å². The van der Waals surface area contributed by atoms with Crippen LogP contribution in [0.3, 0.4) is 0 Å². The third kappa shape index (κ3) is 2.99. The summed E-state index contributed by atoms with van der Waals surface area (Å²) < 4.78 is 10.2. The van der Waals surface area contributed by atoms with Gasteiger partial charge in [0.05, 0.1) is 19.1 Å². The van der Waals surface area contributed by atoms with Crippen LogP contribution in [0.2, 0.25) is 0 Å². The molecule has 0 aromatic carbocycles. The largest absolute Gasteiger partial charge is 0.469 e. The van der Waals surface area contributed by atoms with Gasteiger partial charge in [-0.1, -0.05) is 13.3 Å². The fourth-order valence-electron chi connectivity index (χ4n) is 1.46. The Labute approximate surface area is 79.4 Å². The highest BCUT2D eigenvalue weighted by Gasteiger charge is 2.35. The Morgan fingerprint density at radius 3 is 2.69 bits per heavy atom. The molecule has 0 unspecified atom stereocenters. The van der Waals surface area contributed by atoms with Crippen molar-refractivity contribution in [3.05, 3.63) is 0 Å². The van der Waals surface area contributed by atoms with Crippen LogP contribution < -0.4 is 0 Å². The minimum Gasteiger partial charge on any atom is -0.469 e. The first-order valence-electron chi connectivity index (χ1n) is 4.97. The SMILES string of the molecule is CCCCOC1CC(C(=O)OC)C1. The van der Waals surface area contributed by atoms with E-state index in [1.807, 2.05) is 0 Å². The topological polar surface area (TPSA) is 35.5 Å². The van der Waals surface area contributed by atoms with Crippen LogP contribution in [0.5, 0.6) is 0 Å². The average Bonchev–Trinajstić information content (AvgIpc) is 2.08. The van der Waals surface area contributed by atoms with Crippen molar-refractivity contribution < 1.29 is 14.3 Å². The Morgan fingerprint density at radius 1 is 1.46 bits per heavy atom. The average molecular weight is 186 g/mol. The zero-order chi connectivity index (χ0) is 9.68. The van der Waals surface area contributed by atoms with Gasteiger partial charge in [0.15, 0.2) is 0 Å². The van der Waals surface area contributed by atoms with Crippen LogP contribution in [-0.2, 0) is 14.3 Å². The summed E-state index contributed by atoms with van der Waals surface area (Å²) in [4.78, 5) is 11.0. The lowest BCUT2D eigenvalue weighted by Gasteiger charge is -2.32. The Morgan fingerprint density at radius 2 is 2.15 bits per heavy atom. The van der Waals surface area contributed by atoms with E-state index in [-0.39, 0.29) is 11.9 Å². The Bertz CT molecular complexity index is 162. The Hall–Kier alpha value is -0.570. The molecule has 0 aromatic rings. The number of carbonyl (C=O) groups is 1. The smallest absolute Gasteiger partial charge is 0.308 e. The van der Waals surface area contributed by atoms with Crippen LogP contribution in [-0.4, -0.2) is 25.8 Å². The summed E-state index contributed by atoms with van der Waals surface area (Å²) in [5, 5.41) is 0. The first kappa shape index (κ1) is 10.5. The number of ether oxygens (including phenoxy) is 2. The van der Waals surface area contributed by atoms with Gasteiger partial charge < -0.3 is 9.47 Å². The Balaban J connectivity index is 2.01. The quantitative estimate of drug-likeness (QED) is 0.484. The molecule has 1 saturated carbocycles. The molecule has 0 aliphatic heterocycles. The fourth-order valence-corrected chi connectivity index (χ4v) is 1.46. The predicted octanol–water partition coefficient (Wildman–Crippen LogP) is 1.75. The molecular formula is C10H18O3. The van der Waals surface area contributed by atoms with Gasteiger partial charge in [-0.3, -0.25) is 4.79 Å². The van der Waals surface area contributed by atoms with E-state index in [9.17, 15) is 4.79 Å². The summed E-state index contributed by atoms with van der Waals surface area (Å²) in [7, 11) is 1.44. The summed E-state index contributed by atoms with van der Waals surface area (Å²) >= 11 is 0. The van der Waals surface area contributed by atoms with Crippen molar-refractivity contribution in [1.82, 2.24) is 0 Å². The molecule has 76 valence electrons. The third-order valence-corrected chi connectivity index (χ3v) is 2.48. The van der Waals surface area contributed by atoms with Gasteiger partial charge in [0.1, 0.15) is 0 Å². The third-order valence-electron chi connectivity index (χ3n) is 2.48. The highest BCUT2D eigenvalue weighted by Crippen LogP contribution is 2.30. The summed E-state index contributed by atoms with van der Waals surface area (Å²) in [5.41, 5.74) is 0. The van der Waals surface area contributed by atoms with Gasteiger partial charge in [0, 0.05) is 6.61 Å². The lowest BCUT2D eigenvalue weighted by Crippen LogP contribution is -2.37. The molecule has 0 saturated heterocycles. The molecule has 0 heterocycles. The van der Waals surface area contributed by atoms with E-state index in [0.29, 0.717) is 6.10 Å². The second-order valence-electron chi connectivity index (χ2n) is 3.54. The van der Waals surface area contributed by atoms with E-state index in [1.54, 1.807) is 0 Å². The zero-order valence-corrected chi connectivity index (χ0v) is 8.41. The number of hydrogen-bond donors (Lipinski definition) is 0. The normalized spacial score (nSPS) is 26.6. The maximum Gasteiger partial charge on any atom is 0.308 e. The molecule has 0 atom stereocenters. The summed E-state index contributed by atoms with van der Waals surface area (Å²) in [6.07, 6.45) is 4.26. The van der Waals surface area contributed by atoms with E-state index in [4.69, 9.17) is 4.74 Å². The van der Waals surface area contributed by atoms with E-state index >= 15 is 0 Å². The molecule has 1 aliphatic carbocycles. The van der Waals surface area contributed by atoms with Crippen LogP contribution in [0.1, 0.15) is 32.6 Å². The molecule has 0 N–H and O–H groups in total. The number of esters is 1. The maximum absolute atomic E-state index is 11.0. The molecule has 3 nitrogen and oxygen atoms in total. The highest BCUT2D eigenvalue weighted by atomic mass is 16.5.